The molecule has 0 N–H and O–H groups in total. The molecule has 2 aromatic rings. The molecular weight excluding hydrogens is 393 g/mol. The van der Waals surface area contributed by atoms with Gasteiger partial charge in [0, 0.05) is 27.9 Å². The minimum Gasteiger partial charge on any atom is -0.292 e. The van der Waals surface area contributed by atoms with Crippen molar-refractivity contribution in [2.24, 2.45) is 4.99 Å². The molecule has 23 heavy (non-hydrogen) atoms. The van der Waals surface area contributed by atoms with Crippen LogP contribution in [0.15, 0.2) is 47.5 Å². The highest BCUT2D eigenvalue weighted by atomic mass is 127. The van der Waals surface area contributed by atoms with Crippen LogP contribution < -0.4 is 0 Å². The van der Waals surface area contributed by atoms with Crippen LogP contribution in [0.2, 0.25) is 0 Å². The molecular formula is C21H24IN. The summed E-state index contributed by atoms with van der Waals surface area (Å²) in [5.41, 5.74) is 8.26. The van der Waals surface area contributed by atoms with Crippen LogP contribution in [0.5, 0.6) is 0 Å². The first-order chi connectivity index (χ1) is 10.9. The van der Waals surface area contributed by atoms with Crippen molar-refractivity contribution in [1.82, 2.24) is 0 Å². The van der Waals surface area contributed by atoms with E-state index in [4.69, 9.17) is 0 Å². The van der Waals surface area contributed by atoms with E-state index < -0.39 is 0 Å². The van der Waals surface area contributed by atoms with E-state index in [1.807, 2.05) is 7.05 Å². The summed E-state index contributed by atoms with van der Waals surface area (Å²) in [4.78, 5) is 4.56. The summed E-state index contributed by atoms with van der Waals surface area (Å²) >= 11 is 2.42. The van der Waals surface area contributed by atoms with E-state index in [2.05, 4.69) is 97.7 Å². The minimum atomic E-state index is -0.0141. The quantitative estimate of drug-likeness (QED) is 0.347. The number of rotatable bonds is 2. The topological polar surface area (TPSA) is 12.4 Å². The van der Waals surface area contributed by atoms with Crippen molar-refractivity contribution in [2.75, 3.05) is 11.5 Å². The number of benzene rings is 2. The van der Waals surface area contributed by atoms with E-state index in [0.717, 1.165) is 4.43 Å². The first-order valence-corrected chi connectivity index (χ1v) is 9.64. The van der Waals surface area contributed by atoms with E-state index >= 15 is 0 Å². The number of nitrogens with zero attached hydrogens (tertiary/aromatic N) is 1. The maximum Gasteiger partial charge on any atom is 0.0517 e. The van der Waals surface area contributed by atoms with Gasteiger partial charge in [0.25, 0.3) is 0 Å². The average Bonchev–Trinajstić information content (AvgIpc) is 2.54. The molecule has 0 spiro atoms. The second-order valence-corrected chi connectivity index (χ2v) is 8.09. The Morgan fingerprint density at radius 1 is 0.870 bits per heavy atom. The molecule has 2 aromatic carbocycles. The van der Waals surface area contributed by atoms with Crippen LogP contribution >= 0.6 is 22.6 Å². The molecule has 2 heteroatoms. The molecule has 0 saturated heterocycles. The number of halogens is 1. The van der Waals surface area contributed by atoms with Gasteiger partial charge in [-0.2, -0.15) is 0 Å². The second kappa shape index (κ2) is 5.73. The lowest BCUT2D eigenvalue weighted by atomic mass is 9.59. The number of fused-ring (bicyclic) bond motifs is 2. The Morgan fingerprint density at radius 3 is 2.00 bits per heavy atom. The monoisotopic (exact) mass is 417 g/mol. The van der Waals surface area contributed by atoms with Gasteiger partial charge in [-0.3, -0.25) is 4.99 Å². The normalized spacial score (nSPS) is 18.3. The third-order valence-electron chi connectivity index (χ3n) is 5.34. The van der Waals surface area contributed by atoms with Gasteiger partial charge in [-0.25, -0.2) is 0 Å². The van der Waals surface area contributed by atoms with Crippen molar-refractivity contribution >= 4 is 28.3 Å². The molecule has 1 aliphatic rings. The van der Waals surface area contributed by atoms with Crippen molar-refractivity contribution in [3.05, 3.63) is 70.3 Å². The zero-order valence-electron chi connectivity index (χ0n) is 14.6. The number of hydrogen-bond donors (Lipinski definition) is 0. The van der Waals surface area contributed by atoms with Gasteiger partial charge in [-0.15, -0.1) is 0 Å². The van der Waals surface area contributed by atoms with Crippen molar-refractivity contribution in [2.45, 2.75) is 38.5 Å². The fraction of sp³-hybridized carbons (Fsp3) is 0.381. The standard InChI is InChI=1S/C21H24IN/c1-20(2)15-10-6-7-11-16(15)21(3,4)19-14(18(13-22)23-5)9-8-12-17(19)20/h6-12H,13H2,1-5H3. The Morgan fingerprint density at radius 2 is 1.43 bits per heavy atom. The van der Waals surface area contributed by atoms with E-state index in [1.54, 1.807) is 0 Å². The summed E-state index contributed by atoms with van der Waals surface area (Å²) in [6.07, 6.45) is 0. The van der Waals surface area contributed by atoms with Crippen LogP contribution in [-0.4, -0.2) is 17.2 Å². The predicted molar refractivity (Wildman–Crippen MR) is 108 cm³/mol. The van der Waals surface area contributed by atoms with E-state index in [0.29, 0.717) is 0 Å². The molecule has 0 atom stereocenters. The predicted octanol–water partition coefficient (Wildman–Crippen LogP) is 5.51. The summed E-state index contributed by atoms with van der Waals surface area (Å²) in [7, 11) is 1.91. The SMILES string of the molecule is CN=C(CI)c1cccc2c1C(C)(C)c1ccccc1C2(C)C. The third-order valence-corrected chi connectivity index (χ3v) is 6.07. The Kier molecular flexibility index (Phi) is 4.16. The van der Waals surface area contributed by atoms with Gasteiger partial charge in [-0.1, -0.05) is 92.8 Å². The third kappa shape index (κ3) is 2.37. The van der Waals surface area contributed by atoms with Gasteiger partial charge in [0.2, 0.25) is 0 Å². The lowest BCUT2D eigenvalue weighted by molar-refractivity contribution is 0.520. The molecule has 0 bridgehead atoms. The van der Waals surface area contributed by atoms with Crippen LogP contribution in [0.1, 0.15) is 55.5 Å². The van der Waals surface area contributed by atoms with Gasteiger partial charge < -0.3 is 0 Å². The molecule has 0 heterocycles. The van der Waals surface area contributed by atoms with Crippen LogP contribution in [0.25, 0.3) is 0 Å². The minimum absolute atomic E-state index is 0.0141. The molecule has 0 aromatic heterocycles. The summed E-state index contributed by atoms with van der Waals surface area (Å²) in [6.45, 7) is 9.39. The number of hydrogen-bond acceptors (Lipinski definition) is 1. The molecule has 1 aliphatic carbocycles. The Bertz CT molecular complexity index is 784. The van der Waals surface area contributed by atoms with Crippen LogP contribution in [0.3, 0.4) is 0 Å². The molecule has 1 nitrogen and oxygen atoms in total. The highest BCUT2D eigenvalue weighted by Gasteiger charge is 2.42. The Labute approximate surface area is 153 Å². The largest absolute Gasteiger partial charge is 0.292 e. The van der Waals surface area contributed by atoms with Crippen molar-refractivity contribution < 1.29 is 0 Å². The van der Waals surface area contributed by atoms with E-state index in [-0.39, 0.29) is 10.8 Å². The summed E-state index contributed by atoms with van der Waals surface area (Å²) in [5, 5.41) is 0. The molecule has 120 valence electrons. The summed E-state index contributed by atoms with van der Waals surface area (Å²) < 4.78 is 0.933. The fourth-order valence-corrected chi connectivity index (χ4v) is 4.84. The highest BCUT2D eigenvalue weighted by molar-refractivity contribution is 14.1. The molecule has 0 aliphatic heterocycles. The van der Waals surface area contributed by atoms with Crippen molar-refractivity contribution in [1.29, 1.82) is 0 Å². The first kappa shape index (κ1) is 16.7. The van der Waals surface area contributed by atoms with E-state index in [1.165, 1.54) is 33.5 Å². The van der Waals surface area contributed by atoms with Gasteiger partial charge in [0.05, 0.1) is 5.71 Å². The maximum absolute atomic E-state index is 4.56. The van der Waals surface area contributed by atoms with Gasteiger partial charge in [-0.05, 0) is 22.3 Å². The molecule has 0 unspecified atom stereocenters. The van der Waals surface area contributed by atoms with Crippen molar-refractivity contribution in [3.8, 4) is 0 Å². The van der Waals surface area contributed by atoms with Crippen molar-refractivity contribution in [3.63, 3.8) is 0 Å². The number of alkyl halides is 1. The fourth-order valence-electron chi connectivity index (χ4n) is 4.09. The van der Waals surface area contributed by atoms with Gasteiger partial charge >= 0.3 is 0 Å². The summed E-state index contributed by atoms with van der Waals surface area (Å²) in [6, 6.07) is 15.6. The Hall–Kier alpha value is -1.16. The first-order valence-electron chi connectivity index (χ1n) is 8.11. The van der Waals surface area contributed by atoms with Crippen LogP contribution in [0.4, 0.5) is 0 Å². The lowest BCUT2D eigenvalue weighted by Crippen LogP contribution is -2.38. The lowest BCUT2D eigenvalue weighted by Gasteiger charge is -2.45. The van der Waals surface area contributed by atoms with Gasteiger partial charge in [0.15, 0.2) is 0 Å². The highest BCUT2D eigenvalue weighted by Crippen LogP contribution is 2.50. The molecule has 0 radical (unpaired) electrons. The smallest absolute Gasteiger partial charge is 0.0517 e. The molecule has 0 amide bonds. The zero-order chi connectivity index (χ0) is 16.8. The molecule has 3 rings (SSSR count). The summed E-state index contributed by atoms with van der Waals surface area (Å²) in [5.74, 6) is 0. The van der Waals surface area contributed by atoms with E-state index in [9.17, 15) is 0 Å². The number of aliphatic imine (C=N–C) groups is 1. The molecule has 0 saturated carbocycles. The van der Waals surface area contributed by atoms with Crippen LogP contribution in [-0.2, 0) is 10.8 Å². The molecule has 0 fully saturated rings. The Balaban J connectivity index is 2.41. The second-order valence-electron chi connectivity index (χ2n) is 7.33. The van der Waals surface area contributed by atoms with Crippen LogP contribution in [0, 0.1) is 0 Å². The zero-order valence-corrected chi connectivity index (χ0v) is 16.7. The maximum atomic E-state index is 4.56. The average molecular weight is 417 g/mol. The van der Waals surface area contributed by atoms with Gasteiger partial charge in [0.1, 0.15) is 0 Å².